The molecule has 0 bridgehead atoms. The van der Waals surface area contributed by atoms with Crippen molar-refractivity contribution >= 4 is 17.7 Å². The summed E-state index contributed by atoms with van der Waals surface area (Å²) in [5.41, 5.74) is -0.933. The number of hydrogen-bond donors (Lipinski definition) is 1. The van der Waals surface area contributed by atoms with Crippen LogP contribution in [0.2, 0.25) is 0 Å². The Labute approximate surface area is 102 Å². The first-order valence-corrected chi connectivity index (χ1v) is 6.04. The van der Waals surface area contributed by atoms with Gasteiger partial charge in [-0.2, -0.15) is 0 Å². The van der Waals surface area contributed by atoms with Crippen LogP contribution in [0.4, 0.5) is 0 Å². The number of nitrogens with zero attached hydrogens (tertiary/aromatic N) is 1. The molecule has 17 heavy (non-hydrogen) atoms. The zero-order chi connectivity index (χ0) is 13.1. The second kappa shape index (κ2) is 5.29. The van der Waals surface area contributed by atoms with Gasteiger partial charge in [0.15, 0.2) is 0 Å². The number of amides is 3. The van der Waals surface area contributed by atoms with Gasteiger partial charge in [-0.05, 0) is 20.3 Å². The van der Waals surface area contributed by atoms with Crippen molar-refractivity contribution in [2.24, 2.45) is 0 Å². The highest BCUT2D eigenvalue weighted by Crippen LogP contribution is 2.20. The minimum atomic E-state index is -0.933. The third-order valence-electron chi connectivity index (χ3n) is 3.08. The average Bonchev–Trinajstić information content (AvgIpc) is 2.24. The highest BCUT2D eigenvalue weighted by molar-refractivity contribution is 6.06. The molecule has 1 aliphatic rings. The van der Waals surface area contributed by atoms with Crippen molar-refractivity contribution in [1.29, 1.82) is 0 Å². The van der Waals surface area contributed by atoms with E-state index in [0.717, 1.165) is 19.3 Å². The molecule has 1 heterocycles. The van der Waals surface area contributed by atoms with Gasteiger partial charge < -0.3 is 4.90 Å². The molecule has 0 aromatic rings. The van der Waals surface area contributed by atoms with Crippen molar-refractivity contribution in [1.82, 2.24) is 10.2 Å². The molecule has 0 unspecified atom stereocenters. The zero-order valence-electron chi connectivity index (χ0n) is 10.7. The molecule has 1 fully saturated rings. The average molecular weight is 240 g/mol. The van der Waals surface area contributed by atoms with Gasteiger partial charge in [-0.1, -0.05) is 19.8 Å². The number of imide groups is 1. The maximum atomic E-state index is 12.0. The van der Waals surface area contributed by atoms with E-state index >= 15 is 0 Å². The first-order valence-electron chi connectivity index (χ1n) is 6.04. The number of hydrogen-bond acceptors (Lipinski definition) is 3. The van der Waals surface area contributed by atoms with Gasteiger partial charge in [-0.15, -0.1) is 0 Å². The minimum Gasteiger partial charge on any atom is -0.319 e. The zero-order valence-corrected chi connectivity index (χ0v) is 10.7. The van der Waals surface area contributed by atoms with E-state index in [1.54, 1.807) is 13.8 Å². The number of carbonyl (C=O) groups is 3. The highest BCUT2D eigenvalue weighted by atomic mass is 16.2. The molecule has 96 valence electrons. The third kappa shape index (κ3) is 3.05. The van der Waals surface area contributed by atoms with Crippen molar-refractivity contribution in [3.63, 3.8) is 0 Å². The van der Waals surface area contributed by atoms with Gasteiger partial charge in [-0.25, -0.2) is 0 Å². The van der Waals surface area contributed by atoms with Crippen LogP contribution in [-0.2, 0) is 14.4 Å². The summed E-state index contributed by atoms with van der Waals surface area (Å²) in [6, 6.07) is 0. The van der Waals surface area contributed by atoms with E-state index in [-0.39, 0.29) is 12.5 Å². The Bertz CT molecular complexity index is 337. The van der Waals surface area contributed by atoms with Gasteiger partial charge in [-0.3, -0.25) is 19.7 Å². The van der Waals surface area contributed by atoms with Crippen molar-refractivity contribution in [2.45, 2.75) is 52.0 Å². The molecule has 1 saturated heterocycles. The lowest BCUT2D eigenvalue weighted by Gasteiger charge is -2.40. The summed E-state index contributed by atoms with van der Waals surface area (Å²) >= 11 is 0. The van der Waals surface area contributed by atoms with E-state index in [2.05, 4.69) is 12.2 Å². The fourth-order valence-electron chi connectivity index (χ4n) is 1.84. The minimum absolute atomic E-state index is 0.0241. The molecular weight excluding hydrogens is 220 g/mol. The molecule has 0 spiro atoms. The van der Waals surface area contributed by atoms with Gasteiger partial charge in [0.2, 0.25) is 11.8 Å². The quantitative estimate of drug-likeness (QED) is 0.584. The summed E-state index contributed by atoms with van der Waals surface area (Å²) in [5, 5.41) is 2.25. The van der Waals surface area contributed by atoms with Crippen LogP contribution in [0.3, 0.4) is 0 Å². The van der Waals surface area contributed by atoms with Crippen LogP contribution in [0.5, 0.6) is 0 Å². The van der Waals surface area contributed by atoms with Gasteiger partial charge in [0.05, 0.1) is 0 Å². The second-order valence-electron chi connectivity index (χ2n) is 4.87. The predicted octanol–water partition coefficient (Wildman–Crippen LogP) is 0.830. The Morgan fingerprint density at radius 3 is 2.59 bits per heavy atom. The monoisotopic (exact) mass is 240 g/mol. The molecule has 0 saturated carbocycles. The lowest BCUT2D eigenvalue weighted by Crippen LogP contribution is -2.65. The van der Waals surface area contributed by atoms with E-state index < -0.39 is 17.4 Å². The van der Waals surface area contributed by atoms with Crippen LogP contribution < -0.4 is 5.32 Å². The molecule has 3 amide bonds. The first-order chi connectivity index (χ1) is 7.89. The molecule has 0 radical (unpaired) electrons. The lowest BCUT2D eigenvalue weighted by molar-refractivity contribution is -0.155. The Kier molecular flexibility index (Phi) is 4.26. The van der Waals surface area contributed by atoms with Gasteiger partial charge in [0.1, 0.15) is 12.1 Å². The smallest absolute Gasteiger partial charge is 0.252 e. The third-order valence-corrected chi connectivity index (χ3v) is 3.08. The van der Waals surface area contributed by atoms with Crippen molar-refractivity contribution in [3.8, 4) is 0 Å². The van der Waals surface area contributed by atoms with E-state index in [1.807, 2.05) is 0 Å². The maximum Gasteiger partial charge on any atom is 0.252 e. The van der Waals surface area contributed by atoms with E-state index in [9.17, 15) is 14.4 Å². The van der Waals surface area contributed by atoms with Crippen molar-refractivity contribution in [3.05, 3.63) is 0 Å². The van der Waals surface area contributed by atoms with Crippen LogP contribution in [0.15, 0.2) is 0 Å². The summed E-state index contributed by atoms with van der Waals surface area (Å²) in [7, 11) is 0. The maximum absolute atomic E-state index is 12.0. The highest BCUT2D eigenvalue weighted by Gasteiger charge is 2.42. The molecular formula is C12H20N2O3. The van der Waals surface area contributed by atoms with Gasteiger partial charge in [0.25, 0.3) is 5.91 Å². The fraction of sp³-hybridized carbons (Fsp3) is 0.750. The van der Waals surface area contributed by atoms with Crippen LogP contribution in [0.1, 0.15) is 46.5 Å². The predicted molar refractivity (Wildman–Crippen MR) is 63.1 cm³/mol. The molecule has 1 aliphatic heterocycles. The fourth-order valence-corrected chi connectivity index (χ4v) is 1.84. The van der Waals surface area contributed by atoms with Crippen LogP contribution >= 0.6 is 0 Å². The van der Waals surface area contributed by atoms with Crippen molar-refractivity contribution < 1.29 is 14.4 Å². The number of nitrogens with one attached hydrogen (secondary N) is 1. The van der Waals surface area contributed by atoms with E-state index in [1.165, 1.54) is 4.90 Å². The Balaban J connectivity index is 2.69. The number of piperazine rings is 1. The second-order valence-corrected chi connectivity index (χ2v) is 4.87. The Morgan fingerprint density at radius 2 is 2.00 bits per heavy atom. The van der Waals surface area contributed by atoms with Crippen LogP contribution in [-0.4, -0.2) is 34.7 Å². The molecule has 5 heteroatoms. The molecule has 1 rings (SSSR count). The summed E-state index contributed by atoms with van der Waals surface area (Å²) in [6.45, 7) is 5.36. The molecule has 0 aromatic heterocycles. The molecule has 1 N–H and O–H groups in total. The molecule has 0 aromatic carbocycles. The van der Waals surface area contributed by atoms with Crippen LogP contribution in [0.25, 0.3) is 0 Å². The van der Waals surface area contributed by atoms with Gasteiger partial charge >= 0.3 is 0 Å². The number of unbranched alkanes of at least 4 members (excludes halogenated alkanes) is 2. The van der Waals surface area contributed by atoms with Crippen LogP contribution in [0, 0.1) is 0 Å². The SMILES string of the molecule is CCCCCC(=O)N1CC(=O)NC(=O)C1(C)C. The molecule has 0 aliphatic carbocycles. The summed E-state index contributed by atoms with van der Waals surface area (Å²) in [5.74, 6) is -0.928. The normalized spacial score (nSPS) is 19.1. The summed E-state index contributed by atoms with van der Waals surface area (Å²) < 4.78 is 0. The molecule has 0 atom stereocenters. The Morgan fingerprint density at radius 1 is 1.35 bits per heavy atom. The first kappa shape index (κ1) is 13.7. The summed E-state index contributed by atoms with van der Waals surface area (Å²) in [4.78, 5) is 36.3. The lowest BCUT2D eigenvalue weighted by atomic mass is 9.97. The largest absolute Gasteiger partial charge is 0.319 e. The Hall–Kier alpha value is -1.39. The van der Waals surface area contributed by atoms with Gasteiger partial charge in [0, 0.05) is 6.42 Å². The number of carbonyl (C=O) groups excluding carboxylic acids is 3. The standard InChI is InChI=1S/C12H20N2O3/c1-4-5-6-7-10(16)14-8-9(15)13-11(17)12(14,2)3/h4-8H2,1-3H3,(H,13,15,17). The van der Waals surface area contributed by atoms with E-state index in [4.69, 9.17) is 0 Å². The summed E-state index contributed by atoms with van der Waals surface area (Å²) in [6.07, 6.45) is 3.23. The van der Waals surface area contributed by atoms with E-state index in [0.29, 0.717) is 6.42 Å². The molecule has 5 nitrogen and oxygen atoms in total. The topological polar surface area (TPSA) is 66.5 Å². The number of rotatable bonds is 4. The van der Waals surface area contributed by atoms with Crippen molar-refractivity contribution in [2.75, 3.05) is 6.54 Å².